The van der Waals surface area contributed by atoms with Gasteiger partial charge < -0.3 is 10.8 Å². The maximum atomic E-state index is 13.3. The number of fused-ring (bicyclic) bond motifs is 1. The summed E-state index contributed by atoms with van der Waals surface area (Å²) in [6.45, 7) is 4.19. The number of hydrogen-bond donors (Lipinski definition) is 3. The van der Waals surface area contributed by atoms with E-state index in [0.717, 1.165) is 10.7 Å². The van der Waals surface area contributed by atoms with Crippen molar-refractivity contribution in [3.63, 3.8) is 0 Å². The molecule has 13 heteroatoms. The maximum Gasteiger partial charge on any atom is 0.281 e. The minimum Gasteiger partial charge on any atom is -0.505 e. The molecule has 0 unspecified atom stereocenters. The molecule has 4 N–H and O–H groups in total. The Labute approximate surface area is 192 Å². The van der Waals surface area contributed by atoms with E-state index in [1.54, 1.807) is 0 Å². The van der Waals surface area contributed by atoms with Gasteiger partial charge in [0.25, 0.3) is 21.5 Å². The summed E-state index contributed by atoms with van der Waals surface area (Å²) in [6, 6.07) is 4.89. The molecule has 2 aromatic heterocycles. The zero-order chi connectivity index (χ0) is 23.9. The highest BCUT2D eigenvalue weighted by molar-refractivity contribution is 7.90. The first kappa shape index (κ1) is 22.6. The molecule has 1 amide bonds. The zero-order valence-electron chi connectivity index (χ0n) is 17.6. The number of amides is 1. The molecule has 3 heterocycles. The summed E-state index contributed by atoms with van der Waals surface area (Å²) >= 11 is 1.19. The Morgan fingerprint density at radius 3 is 2.76 bits per heavy atom. The lowest BCUT2D eigenvalue weighted by Gasteiger charge is -2.20. The molecule has 0 spiro atoms. The molecule has 1 aliphatic heterocycles. The number of benzene rings is 1. The van der Waals surface area contributed by atoms with E-state index in [-0.39, 0.29) is 34.3 Å². The van der Waals surface area contributed by atoms with Crippen molar-refractivity contribution in [2.75, 3.05) is 0 Å². The van der Waals surface area contributed by atoms with Gasteiger partial charge in [0.2, 0.25) is 0 Å². The Morgan fingerprint density at radius 1 is 1.36 bits per heavy atom. The van der Waals surface area contributed by atoms with Crippen LogP contribution in [0.2, 0.25) is 0 Å². The van der Waals surface area contributed by atoms with Crippen LogP contribution >= 0.6 is 11.3 Å². The molecular formula is C20H19N6O5S2. The van der Waals surface area contributed by atoms with Gasteiger partial charge >= 0.3 is 0 Å². The first-order chi connectivity index (χ1) is 15.6. The van der Waals surface area contributed by atoms with E-state index in [1.165, 1.54) is 29.1 Å². The summed E-state index contributed by atoms with van der Waals surface area (Å²) in [5.74, 6) is -1.65. The van der Waals surface area contributed by atoms with Crippen LogP contribution in [0.4, 0.5) is 5.69 Å². The first-order valence-corrected chi connectivity index (χ1v) is 12.1. The number of nitrogens with two attached hydrogens (primary N) is 1. The molecule has 0 saturated carbocycles. The van der Waals surface area contributed by atoms with E-state index in [2.05, 4.69) is 25.9 Å². The van der Waals surface area contributed by atoms with Gasteiger partial charge in [-0.2, -0.15) is 5.10 Å². The topological polar surface area (TPSA) is 170 Å². The number of carbonyl (C=O) groups is 1. The van der Waals surface area contributed by atoms with Crippen LogP contribution < -0.4 is 16.0 Å². The second kappa shape index (κ2) is 8.41. The highest BCUT2D eigenvalue weighted by Gasteiger charge is 2.33. The predicted octanol–water partition coefficient (Wildman–Crippen LogP) is 1.39. The number of carbonyl (C=O) groups excluding carboxylic acids is 1. The van der Waals surface area contributed by atoms with Gasteiger partial charge in [0, 0.05) is 12.7 Å². The molecule has 33 heavy (non-hydrogen) atoms. The van der Waals surface area contributed by atoms with Gasteiger partial charge in [0.1, 0.15) is 16.2 Å². The third kappa shape index (κ3) is 4.12. The van der Waals surface area contributed by atoms with Crippen molar-refractivity contribution in [2.24, 2.45) is 16.6 Å². The molecule has 0 atom stereocenters. The molecule has 171 valence electrons. The second-order valence-electron chi connectivity index (χ2n) is 7.66. The fourth-order valence-electron chi connectivity index (χ4n) is 3.21. The minimum absolute atomic E-state index is 0.0556. The van der Waals surface area contributed by atoms with Gasteiger partial charge in [0.05, 0.1) is 21.6 Å². The molecule has 0 fully saturated rings. The standard InChI is InChI=1S/C20H19N6O5S2/c1-10(2)6-7-26-20(29)14(17(27)16(24-26)12-8-22-9-32-12)19-23-15-11(18(21)28)4-3-5-13(15)33(30,31)25-19/h4-5,8-10,27H,6-7H2,1-2H3,(H2,21,28)(H,23,25). The summed E-state index contributed by atoms with van der Waals surface area (Å²) in [7, 11) is -4.24. The number of aromatic hydroxyl groups is 1. The van der Waals surface area contributed by atoms with Crippen LogP contribution in [0.1, 0.15) is 36.2 Å². The summed E-state index contributed by atoms with van der Waals surface area (Å²) in [5, 5.41) is 15.3. The number of nitrogens with zero attached hydrogens (tertiary/aromatic N) is 4. The molecule has 3 aromatic rings. The fourth-order valence-corrected chi connectivity index (χ4v) is 4.96. The van der Waals surface area contributed by atoms with Gasteiger partial charge in [-0.1, -0.05) is 13.8 Å². The summed E-state index contributed by atoms with van der Waals surface area (Å²) in [4.78, 5) is 33.5. The van der Waals surface area contributed by atoms with Crippen LogP contribution in [-0.4, -0.2) is 40.0 Å². The average molecular weight is 488 g/mol. The Hall–Kier alpha value is -3.58. The van der Waals surface area contributed by atoms with Gasteiger partial charge in [-0.05, 0) is 30.5 Å². The van der Waals surface area contributed by atoms with Crippen molar-refractivity contribution < 1.29 is 18.3 Å². The third-order valence-corrected chi connectivity index (χ3v) is 7.02. The number of hydrogen-bond acceptors (Lipinski definition) is 9. The van der Waals surface area contributed by atoms with Crippen molar-refractivity contribution in [3.05, 3.63) is 51.4 Å². The van der Waals surface area contributed by atoms with Crippen LogP contribution in [0, 0.1) is 12.0 Å². The van der Waals surface area contributed by atoms with Gasteiger partial charge in [-0.25, -0.2) is 18.1 Å². The minimum atomic E-state index is -4.24. The zero-order valence-corrected chi connectivity index (χ0v) is 19.2. The lowest BCUT2D eigenvalue weighted by molar-refractivity contribution is 0.100. The van der Waals surface area contributed by atoms with E-state index >= 15 is 0 Å². The number of aromatic nitrogens is 3. The first-order valence-electron chi connectivity index (χ1n) is 9.79. The Bertz CT molecular complexity index is 1440. The Kier molecular flexibility index (Phi) is 5.76. The Balaban J connectivity index is 2.01. The van der Waals surface area contributed by atoms with Crippen LogP contribution in [0.3, 0.4) is 0 Å². The smallest absolute Gasteiger partial charge is 0.281 e. The van der Waals surface area contributed by atoms with Crippen molar-refractivity contribution in [1.82, 2.24) is 19.5 Å². The maximum absolute atomic E-state index is 13.3. The molecule has 1 aromatic carbocycles. The van der Waals surface area contributed by atoms with Crippen molar-refractivity contribution in [2.45, 2.75) is 31.7 Å². The normalized spacial score (nSPS) is 14.5. The van der Waals surface area contributed by atoms with E-state index < -0.39 is 38.6 Å². The highest BCUT2D eigenvalue weighted by Crippen LogP contribution is 2.35. The van der Waals surface area contributed by atoms with Crippen molar-refractivity contribution in [3.8, 4) is 16.3 Å². The number of sulfonamides is 1. The highest BCUT2D eigenvalue weighted by atomic mass is 32.2. The molecule has 1 radical (unpaired) electrons. The number of thiazole rings is 1. The third-order valence-electron chi connectivity index (χ3n) is 4.89. The number of nitrogens with one attached hydrogen (secondary N) is 1. The molecule has 0 bridgehead atoms. The lowest BCUT2D eigenvalue weighted by Crippen LogP contribution is -2.40. The van der Waals surface area contributed by atoms with Crippen molar-refractivity contribution >= 4 is 38.8 Å². The largest absolute Gasteiger partial charge is 0.505 e. The predicted molar refractivity (Wildman–Crippen MR) is 121 cm³/mol. The summed E-state index contributed by atoms with van der Waals surface area (Å²) in [5.41, 5.74) is 5.41. The molecule has 1 aliphatic rings. The monoisotopic (exact) mass is 487 g/mol. The van der Waals surface area contributed by atoms with Crippen LogP contribution in [-0.2, 0) is 16.6 Å². The van der Waals surface area contributed by atoms with Crippen LogP contribution in [0.5, 0.6) is 5.75 Å². The number of rotatable bonds is 6. The van der Waals surface area contributed by atoms with E-state index in [4.69, 9.17) is 5.73 Å². The number of aliphatic imine (C=N–C) groups is 1. The second-order valence-corrected chi connectivity index (χ2v) is 10.2. The number of primary amides is 1. The van der Waals surface area contributed by atoms with Crippen LogP contribution in [0.15, 0.2) is 38.5 Å². The lowest BCUT2D eigenvalue weighted by atomic mass is 10.1. The molecular weight excluding hydrogens is 468 g/mol. The van der Waals surface area contributed by atoms with Crippen LogP contribution in [0.25, 0.3) is 10.6 Å². The summed E-state index contributed by atoms with van der Waals surface area (Å²) in [6.07, 6.45) is 2.08. The quantitative estimate of drug-likeness (QED) is 0.472. The average Bonchev–Trinajstić information content (AvgIpc) is 3.27. The number of amidine groups is 1. The van der Waals surface area contributed by atoms with Gasteiger partial charge in [0.15, 0.2) is 11.6 Å². The van der Waals surface area contributed by atoms with E-state index in [0.29, 0.717) is 11.3 Å². The van der Waals surface area contributed by atoms with Gasteiger partial charge in [-0.15, -0.1) is 11.3 Å². The molecule has 0 saturated heterocycles. The SMILES string of the molecule is CC(C)CCn1nc(-c2cncs2)c(O)c(C2=Nc3c(C(N)=O)c[c]cc3S(=O)(=O)N2)c1=O. The van der Waals surface area contributed by atoms with Gasteiger partial charge in [-0.3, -0.25) is 19.3 Å². The van der Waals surface area contributed by atoms with E-state index in [1.807, 2.05) is 13.8 Å². The molecule has 0 aliphatic carbocycles. The van der Waals surface area contributed by atoms with Crippen molar-refractivity contribution in [1.29, 1.82) is 0 Å². The summed E-state index contributed by atoms with van der Waals surface area (Å²) < 4.78 is 29.2. The molecule has 4 rings (SSSR count). The Morgan fingerprint density at radius 2 is 2.12 bits per heavy atom. The fraction of sp³-hybridized carbons (Fsp3) is 0.250. The molecule has 11 nitrogen and oxygen atoms in total. The number of aryl methyl sites for hydroxylation is 1. The van der Waals surface area contributed by atoms with E-state index in [9.17, 15) is 23.1 Å².